The van der Waals surface area contributed by atoms with Crippen molar-refractivity contribution in [3.05, 3.63) is 17.5 Å². The predicted octanol–water partition coefficient (Wildman–Crippen LogP) is 0.0936. The topological polar surface area (TPSA) is 75.4 Å². The third kappa shape index (κ3) is 2.55. The third-order valence-electron chi connectivity index (χ3n) is 1.55. The highest BCUT2D eigenvalue weighted by molar-refractivity contribution is 5.94. The van der Waals surface area contributed by atoms with Crippen LogP contribution in [-0.2, 0) is 0 Å². The van der Waals surface area contributed by atoms with Gasteiger partial charge in [-0.25, -0.2) is 0 Å². The van der Waals surface area contributed by atoms with E-state index in [9.17, 15) is 4.79 Å². The Hall–Kier alpha value is -1.36. The van der Waals surface area contributed by atoms with Crippen LogP contribution in [0.2, 0.25) is 0 Å². The van der Waals surface area contributed by atoms with E-state index in [0.717, 1.165) is 0 Å². The molecule has 0 saturated carbocycles. The van der Waals surface area contributed by atoms with E-state index in [1.165, 1.54) is 6.20 Å². The van der Waals surface area contributed by atoms with Crippen LogP contribution >= 0.6 is 0 Å². The van der Waals surface area contributed by atoms with Gasteiger partial charge < -0.3 is 14.9 Å². The van der Waals surface area contributed by atoms with Gasteiger partial charge >= 0.3 is 0 Å². The standard InChI is InChI=1S/C8H12N2O3/c1-5(11)3-9-8(12)7-4-10-13-6(7)2/h4-5,11H,3H2,1-2H3,(H,9,12)/t5-/m0/s1. The predicted molar refractivity (Wildman–Crippen MR) is 45.3 cm³/mol. The highest BCUT2D eigenvalue weighted by Crippen LogP contribution is 2.04. The minimum absolute atomic E-state index is 0.226. The molecule has 0 aliphatic heterocycles. The molecule has 0 radical (unpaired) electrons. The second-order valence-electron chi connectivity index (χ2n) is 2.85. The third-order valence-corrected chi connectivity index (χ3v) is 1.55. The number of hydrogen-bond acceptors (Lipinski definition) is 4. The van der Waals surface area contributed by atoms with Gasteiger partial charge in [-0.1, -0.05) is 5.16 Å². The Morgan fingerprint density at radius 2 is 2.54 bits per heavy atom. The molecule has 13 heavy (non-hydrogen) atoms. The summed E-state index contributed by atoms with van der Waals surface area (Å²) in [6, 6.07) is 0. The van der Waals surface area contributed by atoms with Crippen LogP contribution in [0, 0.1) is 6.92 Å². The number of aryl methyl sites for hydroxylation is 1. The fourth-order valence-corrected chi connectivity index (χ4v) is 0.852. The number of rotatable bonds is 3. The van der Waals surface area contributed by atoms with E-state index >= 15 is 0 Å². The maximum Gasteiger partial charge on any atom is 0.256 e. The molecule has 5 nitrogen and oxygen atoms in total. The molecule has 0 aliphatic carbocycles. The van der Waals surface area contributed by atoms with Gasteiger partial charge in [0.1, 0.15) is 11.3 Å². The number of hydrogen-bond donors (Lipinski definition) is 2. The summed E-state index contributed by atoms with van der Waals surface area (Å²) < 4.78 is 4.72. The van der Waals surface area contributed by atoms with Crippen molar-refractivity contribution in [1.82, 2.24) is 10.5 Å². The Bertz CT molecular complexity index is 293. The Balaban J connectivity index is 2.54. The van der Waals surface area contributed by atoms with Crippen LogP contribution in [0.15, 0.2) is 10.7 Å². The van der Waals surface area contributed by atoms with Gasteiger partial charge in [0, 0.05) is 6.54 Å². The number of nitrogens with one attached hydrogen (secondary N) is 1. The van der Waals surface area contributed by atoms with Crippen molar-refractivity contribution in [3.8, 4) is 0 Å². The molecule has 1 aromatic heterocycles. The van der Waals surface area contributed by atoms with E-state index < -0.39 is 6.10 Å². The van der Waals surface area contributed by atoms with Crippen LogP contribution in [0.3, 0.4) is 0 Å². The van der Waals surface area contributed by atoms with Crippen molar-refractivity contribution in [3.63, 3.8) is 0 Å². The van der Waals surface area contributed by atoms with Crippen LogP contribution in [0.5, 0.6) is 0 Å². The zero-order chi connectivity index (χ0) is 9.84. The summed E-state index contributed by atoms with van der Waals surface area (Å²) in [5.74, 6) is 0.197. The minimum Gasteiger partial charge on any atom is -0.392 e. The highest BCUT2D eigenvalue weighted by Gasteiger charge is 2.12. The molecule has 0 fully saturated rings. The van der Waals surface area contributed by atoms with Gasteiger partial charge in [-0.2, -0.15) is 0 Å². The average molecular weight is 184 g/mol. The van der Waals surface area contributed by atoms with E-state index in [-0.39, 0.29) is 12.5 Å². The molecule has 0 unspecified atom stereocenters. The molecule has 1 aromatic rings. The van der Waals surface area contributed by atoms with Crippen LogP contribution in [0.25, 0.3) is 0 Å². The molecule has 1 atom stereocenters. The lowest BCUT2D eigenvalue weighted by Gasteiger charge is -2.05. The first-order chi connectivity index (χ1) is 6.11. The number of aromatic nitrogens is 1. The summed E-state index contributed by atoms with van der Waals surface area (Å²) in [5, 5.41) is 14.9. The summed E-state index contributed by atoms with van der Waals surface area (Å²) in [6.45, 7) is 3.48. The van der Waals surface area contributed by atoms with Crippen molar-refractivity contribution < 1.29 is 14.4 Å². The van der Waals surface area contributed by atoms with E-state index in [2.05, 4.69) is 10.5 Å². The molecule has 0 bridgehead atoms. The molecular weight excluding hydrogens is 172 g/mol. The number of aliphatic hydroxyl groups excluding tert-OH is 1. The molecular formula is C8H12N2O3. The van der Waals surface area contributed by atoms with E-state index in [4.69, 9.17) is 9.63 Å². The van der Waals surface area contributed by atoms with Crippen molar-refractivity contribution in [1.29, 1.82) is 0 Å². The SMILES string of the molecule is Cc1oncc1C(=O)NC[C@H](C)O. The number of aliphatic hydroxyl groups is 1. The second kappa shape index (κ2) is 4.04. The molecule has 0 spiro atoms. The summed E-state index contributed by atoms with van der Waals surface area (Å²) in [5.41, 5.74) is 0.403. The summed E-state index contributed by atoms with van der Waals surface area (Å²) in [7, 11) is 0. The molecule has 2 N–H and O–H groups in total. The summed E-state index contributed by atoms with van der Waals surface area (Å²) >= 11 is 0. The normalized spacial score (nSPS) is 12.5. The van der Waals surface area contributed by atoms with Crippen molar-refractivity contribution >= 4 is 5.91 Å². The number of amides is 1. The average Bonchev–Trinajstić information content (AvgIpc) is 2.47. The Morgan fingerprint density at radius 1 is 1.85 bits per heavy atom. The molecule has 0 saturated heterocycles. The van der Waals surface area contributed by atoms with Crippen molar-refractivity contribution in [2.24, 2.45) is 0 Å². The zero-order valence-corrected chi connectivity index (χ0v) is 7.57. The largest absolute Gasteiger partial charge is 0.392 e. The van der Waals surface area contributed by atoms with Crippen LogP contribution in [0.4, 0.5) is 0 Å². The van der Waals surface area contributed by atoms with Gasteiger partial charge in [0.05, 0.1) is 12.3 Å². The highest BCUT2D eigenvalue weighted by atomic mass is 16.5. The maximum atomic E-state index is 11.3. The van der Waals surface area contributed by atoms with Gasteiger partial charge in [0.15, 0.2) is 0 Å². The van der Waals surface area contributed by atoms with Crippen LogP contribution in [-0.4, -0.2) is 28.8 Å². The van der Waals surface area contributed by atoms with E-state index in [0.29, 0.717) is 11.3 Å². The van der Waals surface area contributed by atoms with Gasteiger partial charge in [0.2, 0.25) is 0 Å². The first-order valence-electron chi connectivity index (χ1n) is 3.99. The van der Waals surface area contributed by atoms with Gasteiger partial charge in [0.25, 0.3) is 5.91 Å². The number of carbonyl (C=O) groups is 1. The van der Waals surface area contributed by atoms with E-state index in [1.54, 1.807) is 13.8 Å². The fraction of sp³-hybridized carbons (Fsp3) is 0.500. The van der Waals surface area contributed by atoms with Crippen LogP contribution in [0.1, 0.15) is 23.0 Å². The molecule has 1 rings (SSSR count). The molecule has 0 aromatic carbocycles. The fourth-order valence-electron chi connectivity index (χ4n) is 0.852. The lowest BCUT2D eigenvalue weighted by molar-refractivity contribution is 0.0922. The number of nitrogens with zero attached hydrogens (tertiary/aromatic N) is 1. The van der Waals surface area contributed by atoms with Gasteiger partial charge in [-0.15, -0.1) is 0 Å². The Kier molecular flexibility index (Phi) is 3.02. The summed E-state index contributed by atoms with van der Waals surface area (Å²) in [6.07, 6.45) is 0.802. The van der Waals surface area contributed by atoms with E-state index in [1.807, 2.05) is 0 Å². The minimum atomic E-state index is -0.552. The van der Waals surface area contributed by atoms with Gasteiger partial charge in [-0.05, 0) is 13.8 Å². The van der Waals surface area contributed by atoms with Crippen LogP contribution < -0.4 is 5.32 Å². The maximum absolute atomic E-state index is 11.3. The molecule has 0 aliphatic rings. The molecule has 5 heteroatoms. The second-order valence-corrected chi connectivity index (χ2v) is 2.85. The molecule has 1 heterocycles. The molecule has 72 valence electrons. The van der Waals surface area contributed by atoms with Gasteiger partial charge in [-0.3, -0.25) is 4.79 Å². The quantitative estimate of drug-likeness (QED) is 0.698. The summed E-state index contributed by atoms with van der Waals surface area (Å²) in [4.78, 5) is 11.3. The Morgan fingerprint density at radius 3 is 3.00 bits per heavy atom. The monoisotopic (exact) mass is 184 g/mol. The lowest BCUT2D eigenvalue weighted by atomic mass is 10.2. The first kappa shape index (κ1) is 9.73. The number of carbonyl (C=O) groups excluding carboxylic acids is 1. The smallest absolute Gasteiger partial charge is 0.256 e. The van der Waals surface area contributed by atoms with Crippen molar-refractivity contribution in [2.45, 2.75) is 20.0 Å². The zero-order valence-electron chi connectivity index (χ0n) is 7.57. The van der Waals surface area contributed by atoms with Crippen molar-refractivity contribution in [2.75, 3.05) is 6.54 Å². The Labute approximate surface area is 75.7 Å². The molecule has 1 amide bonds. The first-order valence-corrected chi connectivity index (χ1v) is 3.99. The lowest BCUT2D eigenvalue weighted by Crippen LogP contribution is -2.30.